The Hall–Kier alpha value is -1.30. The lowest BCUT2D eigenvalue weighted by Gasteiger charge is -2.08. The molecule has 2 aromatic rings. The van der Waals surface area contributed by atoms with Crippen molar-refractivity contribution in [3.05, 3.63) is 33.9 Å². The molecule has 17 heavy (non-hydrogen) atoms. The van der Waals surface area contributed by atoms with Crippen LogP contribution in [0.4, 0.5) is 0 Å². The number of ether oxygens (including phenoxy) is 2. The summed E-state index contributed by atoms with van der Waals surface area (Å²) in [5.41, 5.74) is 0. The summed E-state index contributed by atoms with van der Waals surface area (Å²) in [6.45, 7) is 1.39. The Morgan fingerprint density at radius 3 is 2.65 bits per heavy atom. The van der Waals surface area contributed by atoms with Gasteiger partial charge in [-0.05, 0) is 52.2 Å². The van der Waals surface area contributed by atoms with E-state index >= 15 is 0 Å². The van der Waals surface area contributed by atoms with Crippen molar-refractivity contribution < 1.29 is 14.3 Å². The quantitative estimate of drug-likeness (QED) is 0.477. The average molecular weight is 342 g/mol. The number of halogens is 1. The first-order chi connectivity index (χ1) is 8.10. The number of carbonyl (C=O) groups excluding carboxylic acids is 1. The molecule has 0 amide bonds. The first-order valence-corrected chi connectivity index (χ1v) is 6.14. The molecule has 0 unspecified atom stereocenters. The van der Waals surface area contributed by atoms with Gasteiger partial charge in [0.1, 0.15) is 11.5 Å². The molecular weight excluding hydrogens is 331 g/mol. The Morgan fingerprint density at radius 1 is 1.24 bits per heavy atom. The molecular formula is C13H11IO3. The van der Waals surface area contributed by atoms with Gasteiger partial charge in [0.25, 0.3) is 0 Å². The molecule has 0 fully saturated rings. The van der Waals surface area contributed by atoms with Crippen LogP contribution >= 0.6 is 22.6 Å². The zero-order valence-electron chi connectivity index (χ0n) is 9.49. The van der Waals surface area contributed by atoms with Gasteiger partial charge in [0.05, 0.1) is 7.11 Å². The Kier molecular flexibility index (Phi) is 3.51. The van der Waals surface area contributed by atoms with E-state index in [1.807, 2.05) is 30.3 Å². The van der Waals surface area contributed by atoms with E-state index in [2.05, 4.69) is 22.6 Å². The number of hydrogen-bond acceptors (Lipinski definition) is 3. The van der Waals surface area contributed by atoms with Crippen molar-refractivity contribution in [3.8, 4) is 11.5 Å². The highest BCUT2D eigenvalue weighted by atomic mass is 127. The van der Waals surface area contributed by atoms with E-state index in [9.17, 15) is 4.79 Å². The summed E-state index contributed by atoms with van der Waals surface area (Å²) in [7, 11) is 1.61. The zero-order valence-corrected chi connectivity index (χ0v) is 11.6. The maximum absolute atomic E-state index is 11.1. The van der Waals surface area contributed by atoms with E-state index in [0.717, 1.165) is 20.1 Å². The van der Waals surface area contributed by atoms with E-state index < -0.39 is 0 Å². The Morgan fingerprint density at radius 2 is 2.00 bits per heavy atom. The fourth-order valence-corrected chi connectivity index (χ4v) is 2.25. The smallest absolute Gasteiger partial charge is 0.308 e. The van der Waals surface area contributed by atoms with Crippen LogP contribution in [-0.2, 0) is 4.79 Å². The van der Waals surface area contributed by atoms with Crippen LogP contribution in [-0.4, -0.2) is 13.1 Å². The summed E-state index contributed by atoms with van der Waals surface area (Å²) in [5.74, 6) is 0.988. The van der Waals surface area contributed by atoms with Crippen molar-refractivity contribution in [1.29, 1.82) is 0 Å². The van der Waals surface area contributed by atoms with Crippen LogP contribution in [0.3, 0.4) is 0 Å². The maximum Gasteiger partial charge on any atom is 0.308 e. The minimum absolute atomic E-state index is 0.323. The van der Waals surface area contributed by atoms with E-state index in [4.69, 9.17) is 9.47 Å². The van der Waals surface area contributed by atoms with Gasteiger partial charge in [-0.3, -0.25) is 4.79 Å². The first-order valence-electron chi connectivity index (χ1n) is 5.06. The van der Waals surface area contributed by atoms with Gasteiger partial charge in [-0.2, -0.15) is 0 Å². The molecule has 3 nitrogen and oxygen atoms in total. The lowest BCUT2D eigenvalue weighted by molar-refractivity contribution is -0.131. The first kappa shape index (κ1) is 12.2. The Balaban J connectivity index is 2.65. The number of methoxy groups -OCH3 is 1. The van der Waals surface area contributed by atoms with Crippen LogP contribution in [0.1, 0.15) is 6.92 Å². The van der Waals surface area contributed by atoms with Crippen molar-refractivity contribution in [3.63, 3.8) is 0 Å². The predicted octanol–water partition coefficient (Wildman–Crippen LogP) is 3.38. The molecule has 88 valence electrons. The third kappa shape index (κ3) is 2.69. The number of hydrogen-bond donors (Lipinski definition) is 0. The fraction of sp³-hybridized carbons (Fsp3) is 0.154. The Labute approximate surface area is 113 Å². The number of fused-ring (bicyclic) bond motifs is 1. The van der Waals surface area contributed by atoms with E-state index in [1.54, 1.807) is 7.11 Å². The van der Waals surface area contributed by atoms with E-state index in [1.165, 1.54) is 6.92 Å². The second-order valence-corrected chi connectivity index (χ2v) is 4.83. The third-order valence-corrected chi connectivity index (χ3v) is 2.96. The lowest BCUT2D eigenvalue weighted by atomic mass is 10.1. The molecule has 0 aliphatic carbocycles. The molecule has 0 saturated carbocycles. The summed E-state index contributed by atoms with van der Waals surface area (Å²) in [5, 5.41) is 1.90. The molecule has 2 aromatic carbocycles. The fourth-order valence-electron chi connectivity index (χ4n) is 1.63. The highest BCUT2D eigenvalue weighted by molar-refractivity contribution is 14.1. The van der Waals surface area contributed by atoms with Gasteiger partial charge in [-0.1, -0.05) is 6.07 Å². The van der Waals surface area contributed by atoms with Crippen molar-refractivity contribution in [1.82, 2.24) is 0 Å². The topological polar surface area (TPSA) is 35.5 Å². The van der Waals surface area contributed by atoms with Crippen molar-refractivity contribution >= 4 is 39.3 Å². The van der Waals surface area contributed by atoms with Gasteiger partial charge in [0, 0.05) is 15.9 Å². The molecule has 0 aliphatic rings. The van der Waals surface area contributed by atoms with Crippen molar-refractivity contribution in [2.45, 2.75) is 6.92 Å². The predicted molar refractivity (Wildman–Crippen MR) is 74.5 cm³/mol. The molecule has 0 aliphatic heterocycles. The van der Waals surface area contributed by atoms with Gasteiger partial charge in [-0.25, -0.2) is 0 Å². The molecule has 0 aromatic heterocycles. The second kappa shape index (κ2) is 4.91. The molecule has 4 heteroatoms. The summed E-state index contributed by atoms with van der Waals surface area (Å²) in [6, 6.07) is 9.56. The van der Waals surface area contributed by atoms with Crippen LogP contribution in [0.5, 0.6) is 11.5 Å². The molecule has 0 atom stereocenters. The third-order valence-electron chi connectivity index (χ3n) is 2.34. The lowest BCUT2D eigenvalue weighted by Crippen LogP contribution is -2.02. The van der Waals surface area contributed by atoms with Gasteiger partial charge in [-0.15, -0.1) is 0 Å². The highest BCUT2D eigenvalue weighted by Gasteiger charge is 2.07. The van der Waals surface area contributed by atoms with Crippen LogP contribution in [0.15, 0.2) is 30.3 Å². The number of rotatable bonds is 2. The number of benzene rings is 2. The van der Waals surface area contributed by atoms with E-state index in [-0.39, 0.29) is 5.97 Å². The molecule has 0 heterocycles. The van der Waals surface area contributed by atoms with Crippen LogP contribution < -0.4 is 9.47 Å². The summed E-state index contributed by atoms with van der Waals surface area (Å²) >= 11 is 2.20. The second-order valence-electron chi connectivity index (χ2n) is 3.58. The average Bonchev–Trinajstić information content (AvgIpc) is 2.27. The Bertz CT molecular complexity index is 578. The van der Waals surface area contributed by atoms with Gasteiger partial charge in [0.15, 0.2) is 0 Å². The molecule has 2 rings (SSSR count). The summed E-state index contributed by atoms with van der Waals surface area (Å²) in [6.07, 6.45) is 0. The van der Waals surface area contributed by atoms with Gasteiger partial charge in [0.2, 0.25) is 0 Å². The minimum atomic E-state index is -0.323. The molecule has 0 spiro atoms. The standard InChI is InChI=1S/C13H11IO3/c1-8(15)17-13-6-10(14)5-9-3-4-11(16-2)7-12(9)13/h3-7H,1-2H3. The largest absolute Gasteiger partial charge is 0.497 e. The van der Waals surface area contributed by atoms with Crippen LogP contribution in [0, 0.1) is 3.57 Å². The minimum Gasteiger partial charge on any atom is -0.497 e. The summed E-state index contributed by atoms with van der Waals surface area (Å²) in [4.78, 5) is 11.1. The van der Waals surface area contributed by atoms with Crippen LogP contribution in [0.25, 0.3) is 10.8 Å². The zero-order chi connectivity index (χ0) is 12.4. The number of esters is 1. The maximum atomic E-state index is 11.1. The van der Waals surface area contributed by atoms with Crippen molar-refractivity contribution in [2.75, 3.05) is 7.11 Å². The molecule has 0 N–H and O–H groups in total. The monoisotopic (exact) mass is 342 g/mol. The SMILES string of the molecule is COc1ccc2cc(I)cc(OC(C)=O)c2c1. The van der Waals surface area contributed by atoms with Crippen LogP contribution in [0.2, 0.25) is 0 Å². The normalized spacial score (nSPS) is 10.3. The van der Waals surface area contributed by atoms with Crippen molar-refractivity contribution in [2.24, 2.45) is 0 Å². The van der Waals surface area contributed by atoms with E-state index in [0.29, 0.717) is 5.75 Å². The highest BCUT2D eigenvalue weighted by Crippen LogP contribution is 2.31. The molecule has 0 saturated heterocycles. The number of carbonyl (C=O) groups is 1. The van der Waals surface area contributed by atoms with Gasteiger partial charge < -0.3 is 9.47 Å². The molecule has 0 radical (unpaired) electrons. The van der Waals surface area contributed by atoms with Gasteiger partial charge >= 0.3 is 5.97 Å². The summed E-state index contributed by atoms with van der Waals surface area (Å²) < 4.78 is 11.4. The molecule has 0 bridgehead atoms.